The fraction of sp³-hybridized carbons (Fsp3) is 0.571. The Balaban J connectivity index is -0.0000000145. The Bertz CT molecular complexity index is 266. The Kier molecular flexibility index (Phi) is 385. The first-order chi connectivity index (χ1) is 13.2. The summed E-state index contributed by atoms with van der Waals surface area (Å²) in [4.78, 5) is 8.67. The molecule has 11 nitrogen and oxygen atoms in total. The zero-order chi connectivity index (χ0) is 23.9. The van der Waals surface area contributed by atoms with Crippen molar-refractivity contribution in [2.45, 2.75) is 27.7 Å². The summed E-state index contributed by atoms with van der Waals surface area (Å²) in [6.07, 6.45) is 0. The van der Waals surface area contributed by atoms with Gasteiger partial charge in [0.1, 0.15) is 0 Å². The summed E-state index contributed by atoms with van der Waals surface area (Å²) in [5, 5.41) is 0. The molecule has 0 saturated carbocycles. The van der Waals surface area contributed by atoms with Crippen LogP contribution >= 0.6 is 17.6 Å². The van der Waals surface area contributed by atoms with Crippen molar-refractivity contribution in [2.75, 3.05) is 26.4 Å². The van der Waals surface area contributed by atoms with Crippen molar-refractivity contribution in [1.29, 1.82) is 0 Å². The second kappa shape index (κ2) is 156. The van der Waals surface area contributed by atoms with Gasteiger partial charge in [-0.3, -0.25) is 0 Å². The van der Waals surface area contributed by atoms with Crippen LogP contribution in [-0.4, -0.2) is 31.3 Å². The third-order valence-corrected chi connectivity index (χ3v) is 2.66. The normalized spacial score (nSPS) is 5.23. The van der Waals surface area contributed by atoms with Crippen LogP contribution in [0.1, 0.15) is 27.7 Å². The number of hydrogen-bond acceptors (Lipinski definition) is 5. The molecule has 0 aromatic heterocycles. The molecule has 0 bridgehead atoms. The third-order valence-electron chi connectivity index (χ3n) is 0.886. The van der Waals surface area contributed by atoms with Crippen molar-refractivity contribution in [1.82, 2.24) is 0 Å². The molecule has 0 saturated heterocycles. The average molecular weight is 584 g/mol. The number of hydrogen-bond donors (Lipinski definition) is 1. The molecular formula is C14H22Mn2Na2O11P2+2. The molecule has 0 amide bonds. The summed E-state index contributed by atoms with van der Waals surface area (Å²) < 4.78 is 64.1. The van der Waals surface area contributed by atoms with Crippen LogP contribution < -0.4 is 59.1 Å². The van der Waals surface area contributed by atoms with Crippen LogP contribution in [0.2, 0.25) is 0 Å². The Morgan fingerprint density at radius 2 is 0.774 bits per heavy atom. The van der Waals surface area contributed by atoms with E-state index in [0.29, 0.717) is 13.2 Å². The van der Waals surface area contributed by atoms with Crippen LogP contribution in [0.15, 0.2) is 0 Å². The molecule has 0 aromatic carbocycles. The molecule has 0 fully saturated rings. The van der Waals surface area contributed by atoms with E-state index in [9.17, 15) is 0 Å². The van der Waals surface area contributed by atoms with Gasteiger partial charge < -0.3 is 23.0 Å². The minimum absolute atomic E-state index is 0. The Morgan fingerprint density at radius 3 is 0.903 bits per heavy atom. The molecule has 0 aliphatic rings. The Hall–Kier alpha value is 2.14. The molecule has 168 valence electrons. The van der Waals surface area contributed by atoms with E-state index in [1.807, 2.05) is 27.7 Å². The topological polar surface area (TPSA) is 177 Å². The quantitative estimate of drug-likeness (QED) is 0.103. The summed E-state index contributed by atoms with van der Waals surface area (Å²) in [7, 11) is -1.35. The molecule has 17 heteroatoms. The molecule has 0 atom stereocenters. The van der Waals surface area contributed by atoms with Crippen LogP contribution in [0.4, 0.5) is 0 Å². The van der Waals surface area contributed by atoms with E-state index in [2.05, 4.69) is 48.9 Å². The summed E-state index contributed by atoms with van der Waals surface area (Å²) in [6, 6.07) is 0. The fourth-order valence-electron chi connectivity index (χ4n) is 0.418. The van der Waals surface area contributed by atoms with Gasteiger partial charge >= 0.3 is 136 Å². The van der Waals surface area contributed by atoms with Crippen LogP contribution in [0.25, 0.3) is 0 Å². The molecule has 0 heterocycles. The van der Waals surface area contributed by atoms with Crippen molar-refractivity contribution in [2.24, 2.45) is 0 Å². The maximum absolute atomic E-state index is 8.67. The second-order valence-electron chi connectivity index (χ2n) is 2.02. The predicted molar refractivity (Wildman–Crippen MR) is 87.5 cm³/mol. The summed E-state index contributed by atoms with van der Waals surface area (Å²) >= 11 is 0. The van der Waals surface area contributed by atoms with Gasteiger partial charge in [0.2, 0.25) is 0 Å². The summed E-state index contributed by atoms with van der Waals surface area (Å²) in [5.41, 5.74) is 0. The first kappa shape index (κ1) is 76.6. The van der Waals surface area contributed by atoms with Gasteiger partial charge in [-0.15, -0.1) is 0 Å². The van der Waals surface area contributed by atoms with Crippen molar-refractivity contribution >= 4 is 17.6 Å². The van der Waals surface area contributed by atoms with Gasteiger partial charge in [0.25, 0.3) is 0 Å². The number of rotatable bonds is 8. The van der Waals surface area contributed by atoms with E-state index in [1.54, 1.807) is 0 Å². The second-order valence-corrected chi connectivity index (χ2v) is 3.76. The summed E-state index contributed by atoms with van der Waals surface area (Å²) in [5.74, 6) is 0. The minimum Gasteiger partial charge on any atom is 0 e. The van der Waals surface area contributed by atoms with Gasteiger partial charge in [-0.2, -0.15) is 0 Å². The van der Waals surface area contributed by atoms with Gasteiger partial charge in [0.15, 0.2) is 9.03 Å². The van der Waals surface area contributed by atoms with E-state index in [4.69, 9.17) is 41.9 Å². The predicted octanol–water partition coefficient (Wildman–Crippen LogP) is -3.38. The maximum atomic E-state index is 8.67. The first-order valence-corrected chi connectivity index (χ1v) is 8.13. The van der Waals surface area contributed by atoms with E-state index in [-0.39, 0.29) is 102 Å². The largest absolute Gasteiger partial charge is 1.00 e. The SMILES string of the molecule is CCOP(O)OCC.CCOPOCC.[C-]#[O+].[C-]#[O+].[C-]#[O+].[C-]#[O+].[C-]#[O+].[C-]#[O+].[Mn].[Mn].[Na+].[Na+]. The van der Waals surface area contributed by atoms with Gasteiger partial charge in [0.05, 0.1) is 26.4 Å². The van der Waals surface area contributed by atoms with Crippen molar-refractivity contribution in [3.63, 3.8) is 0 Å². The molecule has 0 aliphatic heterocycles. The molecule has 0 spiro atoms. The molecule has 0 aliphatic carbocycles. The Labute approximate surface area is 253 Å². The monoisotopic (exact) mass is 584 g/mol. The zero-order valence-corrected chi connectivity index (χ0v) is 26.3. The smallest absolute Gasteiger partial charge is 0 e. The van der Waals surface area contributed by atoms with Gasteiger partial charge in [-0.25, -0.2) is 0 Å². The molecule has 0 rings (SSSR count). The van der Waals surface area contributed by atoms with Crippen LogP contribution in [0.5, 0.6) is 0 Å². The van der Waals surface area contributed by atoms with Gasteiger partial charge in [-0.1, -0.05) is 0 Å². The molecule has 0 aromatic rings. The molecule has 1 N–H and O–H groups in total. The Morgan fingerprint density at radius 1 is 0.581 bits per heavy atom. The zero-order valence-electron chi connectivity index (χ0n) is 18.1. The van der Waals surface area contributed by atoms with Crippen LogP contribution in [-0.2, 0) is 80.1 Å². The van der Waals surface area contributed by atoms with Crippen molar-refractivity contribution in [3.8, 4) is 0 Å². The van der Waals surface area contributed by atoms with E-state index >= 15 is 0 Å². The molecular weight excluding hydrogens is 562 g/mol. The molecule has 2 radical (unpaired) electrons. The third kappa shape index (κ3) is 198. The molecule has 0 unspecified atom stereocenters. The molecule has 31 heavy (non-hydrogen) atoms. The van der Waals surface area contributed by atoms with Crippen LogP contribution in [0.3, 0.4) is 0 Å². The van der Waals surface area contributed by atoms with Crippen LogP contribution in [0, 0.1) is 39.9 Å². The van der Waals surface area contributed by atoms with E-state index < -0.39 is 8.60 Å². The standard InChI is InChI=1S/C4H11O3P.C4H11O2P.6CO.2Mn.2Na/c1-3-6-8(5)7-4-2;1-3-5-7-6-4-2;6*1-2;;;;/h5H,3-4H2,1-2H3;7H,3-4H2,1-2H3;;;;;;;;;;/q;;;;;;;;;;2*+1. The average Bonchev–Trinajstić information content (AvgIpc) is 2.78. The van der Waals surface area contributed by atoms with Crippen molar-refractivity contribution in [3.05, 3.63) is 39.9 Å². The maximum Gasteiger partial charge on any atom is 1.00 e. The van der Waals surface area contributed by atoms with Gasteiger partial charge in [0, 0.05) is 34.1 Å². The van der Waals surface area contributed by atoms with E-state index in [1.165, 1.54) is 0 Å². The summed E-state index contributed by atoms with van der Waals surface area (Å²) in [6.45, 7) is 37.0. The van der Waals surface area contributed by atoms with Crippen molar-refractivity contribution < 1.29 is 144 Å². The first-order valence-electron chi connectivity index (χ1n) is 6.18. The fourth-order valence-corrected chi connectivity index (χ4v) is 1.25. The van der Waals surface area contributed by atoms with Gasteiger partial charge in [-0.05, 0) is 27.7 Å². The minimum atomic E-state index is -1.58. The van der Waals surface area contributed by atoms with E-state index in [0.717, 1.165) is 13.2 Å².